The van der Waals surface area contributed by atoms with Crippen LogP contribution in [-0.4, -0.2) is 29.9 Å². The Bertz CT molecular complexity index is 1010. The highest BCUT2D eigenvalue weighted by Crippen LogP contribution is 2.37. The molecular weight excluding hydrogens is 366 g/mol. The van der Waals surface area contributed by atoms with Gasteiger partial charge in [0.25, 0.3) is 0 Å². The minimum absolute atomic E-state index is 0.0374. The van der Waals surface area contributed by atoms with Crippen LogP contribution in [0.3, 0.4) is 0 Å². The number of halogens is 2. The lowest BCUT2D eigenvalue weighted by Crippen LogP contribution is -2.06. The van der Waals surface area contributed by atoms with Gasteiger partial charge in [-0.25, -0.2) is 23.5 Å². The highest BCUT2D eigenvalue weighted by molar-refractivity contribution is 7.99. The monoisotopic (exact) mass is 380 g/mol. The van der Waals surface area contributed by atoms with Crippen molar-refractivity contribution in [3.63, 3.8) is 0 Å². The van der Waals surface area contributed by atoms with Crippen molar-refractivity contribution in [2.45, 2.75) is 12.1 Å². The third kappa shape index (κ3) is 3.10. The molecule has 3 aromatic rings. The molecule has 0 saturated carbocycles. The summed E-state index contributed by atoms with van der Waals surface area (Å²) < 4.78 is 44.1. The summed E-state index contributed by atoms with van der Waals surface area (Å²) in [6.07, 6.45) is 1.41. The van der Waals surface area contributed by atoms with Crippen LogP contribution in [0.4, 0.5) is 8.78 Å². The second-order valence-electron chi connectivity index (χ2n) is 5.07. The number of rotatable bonds is 5. The molecule has 9 heteroatoms. The maximum absolute atomic E-state index is 14.6. The average molecular weight is 380 g/mol. The Morgan fingerprint density at radius 3 is 2.38 bits per heavy atom. The molecule has 0 spiro atoms. The van der Waals surface area contributed by atoms with E-state index in [0.29, 0.717) is 10.5 Å². The van der Waals surface area contributed by atoms with E-state index in [2.05, 4.69) is 9.97 Å². The fourth-order valence-electron chi connectivity index (χ4n) is 2.39. The second-order valence-corrected chi connectivity index (χ2v) is 6.30. The summed E-state index contributed by atoms with van der Waals surface area (Å²) in [5, 5.41) is 0.720. The fourth-order valence-corrected chi connectivity index (χ4v) is 2.93. The number of ether oxygens (including phenoxy) is 2. The largest absolute Gasteiger partial charge is 0.494 e. The van der Waals surface area contributed by atoms with Crippen molar-refractivity contribution in [1.29, 1.82) is 0 Å². The van der Waals surface area contributed by atoms with Crippen LogP contribution >= 0.6 is 11.8 Å². The summed E-state index contributed by atoms with van der Waals surface area (Å²) >= 11 is 1.36. The van der Waals surface area contributed by atoms with Gasteiger partial charge in [-0.2, -0.15) is 0 Å². The van der Waals surface area contributed by atoms with Crippen molar-refractivity contribution >= 4 is 22.7 Å². The number of thioether (sulfide) groups is 1. The summed E-state index contributed by atoms with van der Waals surface area (Å²) in [7, 11) is 2.47. The van der Waals surface area contributed by atoms with Crippen LogP contribution in [-0.2, 0) is 0 Å². The molecule has 0 atom stereocenters. The number of benzene rings is 1. The lowest BCUT2D eigenvalue weighted by atomic mass is 10.1. The molecule has 3 rings (SSSR count). The van der Waals surface area contributed by atoms with E-state index in [4.69, 9.17) is 13.9 Å². The third-order valence-corrected chi connectivity index (χ3v) is 4.31. The van der Waals surface area contributed by atoms with Crippen molar-refractivity contribution in [1.82, 2.24) is 9.97 Å². The van der Waals surface area contributed by atoms with Gasteiger partial charge in [0.15, 0.2) is 33.8 Å². The minimum atomic E-state index is -1.01. The van der Waals surface area contributed by atoms with Gasteiger partial charge in [-0.15, -0.1) is 0 Å². The summed E-state index contributed by atoms with van der Waals surface area (Å²) in [6, 6.07) is 2.38. The smallest absolute Gasteiger partial charge is 0.363 e. The quantitative estimate of drug-likeness (QED) is 0.494. The zero-order valence-corrected chi connectivity index (χ0v) is 14.9. The van der Waals surface area contributed by atoms with E-state index in [0.717, 1.165) is 11.8 Å². The molecule has 0 amide bonds. The number of nitrogens with zero attached hydrogens (tertiary/aromatic N) is 2. The third-order valence-electron chi connectivity index (χ3n) is 3.57. The molecule has 2 heterocycles. The van der Waals surface area contributed by atoms with Crippen LogP contribution in [0.25, 0.3) is 22.2 Å². The first-order valence-electron chi connectivity index (χ1n) is 7.54. The molecule has 2 aromatic heterocycles. The van der Waals surface area contributed by atoms with Crippen LogP contribution in [0, 0.1) is 11.6 Å². The molecule has 6 nitrogen and oxygen atoms in total. The number of hydrogen-bond acceptors (Lipinski definition) is 7. The van der Waals surface area contributed by atoms with Crippen LogP contribution in [0.15, 0.2) is 32.7 Å². The Hall–Kier alpha value is -2.68. The summed E-state index contributed by atoms with van der Waals surface area (Å²) in [5.41, 5.74) is -1.35. The van der Waals surface area contributed by atoms with Gasteiger partial charge in [0, 0.05) is 17.6 Å². The molecule has 26 heavy (non-hydrogen) atoms. The molecule has 0 aliphatic carbocycles. The van der Waals surface area contributed by atoms with E-state index < -0.39 is 22.8 Å². The summed E-state index contributed by atoms with van der Waals surface area (Å²) in [6.45, 7) is 1.92. The molecule has 0 bridgehead atoms. The van der Waals surface area contributed by atoms with Crippen molar-refractivity contribution in [2.24, 2.45) is 0 Å². The van der Waals surface area contributed by atoms with Gasteiger partial charge in [0.2, 0.25) is 0 Å². The van der Waals surface area contributed by atoms with Crippen LogP contribution < -0.4 is 15.1 Å². The second kappa shape index (κ2) is 7.28. The predicted octanol–water partition coefficient (Wildman–Crippen LogP) is 3.66. The Labute approximate surface area is 151 Å². The highest BCUT2D eigenvalue weighted by atomic mass is 32.2. The van der Waals surface area contributed by atoms with Crippen LogP contribution in [0.1, 0.15) is 6.92 Å². The Balaban J connectivity index is 2.26. The van der Waals surface area contributed by atoms with Crippen LogP contribution in [0.5, 0.6) is 11.5 Å². The van der Waals surface area contributed by atoms with Gasteiger partial charge in [0.1, 0.15) is 5.76 Å². The fraction of sp³-hybridized carbons (Fsp3) is 0.235. The van der Waals surface area contributed by atoms with Gasteiger partial charge < -0.3 is 13.9 Å². The molecule has 1 aromatic carbocycles. The van der Waals surface area contributed by atoms with Crippen molar-refractivity contribution < 1.29 is 22.7 Å². The van der Waals surface area contributed by atoms with Gasteiger partial charge in [-0.3, -0.25) is 0 Å². The Morgan fingerprint density at radius 2 is 1.81 bits per heavy atom. The zero-order chi connectivity index (χ0) is 18.8. The van der Waals surface area contributed by atoms with Crippen molar-refractivity contribution in [3.05, 3.63) is 40.4 Å². The number of fused-ring (bicyclic) bond motifs is 1. The topological polar surface area (TPSA) is 74.5 Å². The molecule has 0 aliphatic heterocycles. The molecule has 0 radical (unpaired) electrons. The first kappa shape index (κ1) is 18.1. The maximum atomic E-state index is 14.6. The van der Waals surface area contributed by atoms with Gasteiger partial charge in [-0.05, 0) is 11.8 Å². The lowest BCUT2D eigenvalue weighted by Gasteiger charge is -2.12. The van der Waals surface area contributed by atoms with Gasteiger partial charge >= 0.3 is 5.63 Å². The number of aromatic nitrogens is 2. The van der Waals surface area contributed by atoms with Crippen molar-refractivity contribution in [3.8, 4) is 22.8 Å². The SMILES string of the molecule is CCSc1ncc2cc(-c3c(F)c(OC)cc(OC)c3F)oc(=O)c2n1. The van der Waals surface area contributed by atoms with E-state index in [1.807, 2.05) is 6.92 Å². The van der Waals surface area contributed by atoms with E-state index >= 15 is 0 Å². The first-order chi connectivity index (χ1) is 12.5. The standard InChI is InChI=1S/C17H14F2N2O4S/c1-4-26-17-20-7-8-5-9(25-16(22)15(8)21-17)12-13(18)10(23-2)6-11(24-3)14(12)19/h5-7H,4H2,1-3H3. The predicted molar refractivity (Wildman–Crippen MR) is 92.9 cm³/mol. The normalized spacial score (nSPS) is 11.0. The maximum Gasteiger partial charge on any atom is 0.363 e. The molecule has 0 N–H and O–H groups in total. The molecule has 0 saturated heterocycles. The van der Waals surface area contributed by atoms with Crippen LogP contribution in [0.2, 0.25) is 0 Å². The molecule has 0 aliphatic rings. The van der Waals surface area contributed by atoms with E-state index in [9.17, 15) is 13.6 Å². The molecule has 136 valence electrons. The highest BCUT2D eigenvalue weighted by Gasteiger charge is 2.24. The first-order valence-corrected chi connectivity index (χ1v) is 8.52. The van der Waals surface area contributed by atoms with E-state index in [1.165, 1.54) is 38.2 Å². The van der Waals surface area contributed by atoms with Crippen molar-refractivity contribution in [2.75, 3.05) is 20.0 Å². The summed E-state index contributed by atoms with van der Waals surface area (Å²) in [4.78, 5) is 20.5. The number of methoxy groups -OCH3 is 2. The Kier molecular flexibility index (Phi) is 5.08. The van der Waals surface area contributed by atoms with Gasteiger partial charge in [-0.1, -0.05) is 18.7 Å². The molecular formula is C17H14F2N2O4S. The van der Waals surface area contributed by atoms with E-state index in [-0.39, 0.29) is 22.8 Å². The molecule has 0 fully saturated rings. The lowest BCUT2D eigenvalue weighted by molar-refractivity contribution is 0.358. The number of hydrogen-bond donors (Lipinski definition) is 0. The van der Waals surface area contributed by atoms with Gasteiger partial charge in [0.05, 0.1) is 19.8 Å². The Morgan fingerprint density at radius 1 is 1.15 bits per heavy atom. The van der Waals surface area contributed by atoms with E-state index in [1.54, 1.807) is 0 Å². The minimum Gasteiger partial charge on any atom is -0.494 e. The molecule has 0 unspecified atom stereocenters. The zero-order valence-electron chi connectivity index (χ0n) is 14.1. The average Bonchev–Trinajstić information content (AvgIpc) is 2.63. The summed E-state index contributed by atoms with van der Waals surface area (Å²) in [5.74, 6) is -2.08.